The number of likely N-dealkylation sites (N-methyl/N-ethyl adjacent to an activating group) is 1. The molecule has 0 unspecified atom stereocenters. The molecular weight excluding hydrogens is 516 g/mol. The van der Waals surface area contributed by atoms with Gasteiger partial charge in [0.1, 0.15) is 18.1 Å². The first-order chi connectivity index (χ1) is 18.7. The van der Waals surface area contributed by atoms with Gasteiger partial charge in [-0.15, -0.1) is 0 Å². The van der Waals surface area contributed by atoms with E-state index < -0.39 is 6.09 Å². The molecule has 0 bridgehead atoms. The zero-order valence-electron chi connectivity index (χ0n) is 22.3. The minimum atomic E-state index is -1.09. The molecule has 2 N–H and O–H groups in total. The SMILES string of the molecule is CC/C(=C(\c1ccc(O)cc1)c1ccc(OCCN(C/C=C/C(=O)N(C)C)C(=O)O)cc1)c1ccccc1Cl. The van der Waals surface area contributed by atoms with E-state index in [1.54, 1.807) is 26.2 Å². The summed E-state index contributed by atoms with van der Waals surface area (Å²) in [7, 11) is 3.26. The number of hydrogen-bond donors (Lipinski definition) is 2. The Morgan fingerprint density at radius 3 is 2.13 bits per heavy atom. The lowest BCUT2D eigenvalue weighted by Gasteiger charge is -2.19. The van der Waals surface area contributed by atoms with Crippen LogP contribution in [0, 0.1) is 0 Å². The Kier molecular flexibility index (Phi) is 10.6. The van der Waals surface area contributed by atoms with Gasteiger partial charge in [0.2, 0.25) is 5.91 Å². The average molecular weight is 549 g/mol. The number of carbonyl (C=O) groups is 2. The van der Waals surface area contributed by atoms with Gasteiger partial charge >= 0.3 is 6.09 Å². The minimum absolute atomic E-state index is 0.0832. The lowest BCUT2D eigenvalue weighted by Crippen LogP contribution is -2.33. The summed E-state index contributed by atoms with van der Waals surface area (Å²) in [6, 6.07) is 22.4. The normalized spacial score (nSPS) is 11.7. The number of phenols is 1. The van der Waals surface area contributed by atoms with E-state index in [1.165, 1.54) is 22.0 Å². The second-order valence-electron chi connectivity index (χ2n) is 8.97. The molecule has 0 aliphatic carbocycles. The molecule has 3 aromatic carbocycles. The van der Waals surface area contributed by atoms with Gasteiger partial charge in [0, 0.05) is 31.7 Å². The largest absolute Gasteiger partial charge is 0.508 e. The molecular formula is C31H33ClN2O5. The van der Waals surface area contributed by atoms with Crippen LogP contribution >= 0.6 is 11.6 Å². The Balaban J connectivity index is 1.80. The zero-order chi connectivity index (χ0) is 28.4. The summed E-state index contributed by atoms with van der Waals surface area (Å²) < 4.78 is 5.82. The molecule has 0 aliphatic heterocycles. The van der Waals surface area contributed by atoms with Gasteiger partial charge in [-0.1, -0.05) is 67.1 Å². The van der Waals surface area contributed by atoms with E-state index in [2.05, 4.69) is 6.92 Å². The molecule has 204 valence electrons. The third-order valence-electron chi connectivity index (χ3n) is 6.08. The molecule has 8 heteroatoms. The van der Waals surface area contributed by atoms with Crippen molar-refractivity contribution in [2.24, 2.45) is 0 Å². The number of benzene rings is 3. The van der Waals surface area contributed by atoms with Crippen LogP contribution in [0.3, 0.4) is 0 Å². The predicted molar refractivity (Wildman–Crippen MR) is 155 cm³/mol. The van der Waals surface area contributed by atoms with E-state index in [-0.39, 0.29) is 31.4 Å². The van der Waals surface area contributed by atoms with Gasteiger partial charge in [0.15, 0.2) is 0 Å². The number of hydrogen-bond acceptors (Lipinski definition) is 4. The number of phenolic OH excluding ortho intramolecular Hbond substituents is 1. The number of rotatable bonds is 11. The van der Waals surface area contributed by atoms with Crippen LogP contribution in [0.25, 0.3) is 11.1 Å². The van der Waals surface area contributed by atoms with Crippen LogP contribution in [0.1, 0.15) is 30.0 Å². The highest BCUT2D eigenvalue weighted by Gasteiger charge is 2.16. The van der Waals surface area contributed by atoms with E-state index in [9.17, 15) is 19.8 Å². The fraction of sp³-hybridized carbons (Fsp3) is 0.226. The summed E-state index contributed by atoms with van der Waals surface area (Å²) in [5, 5.41) is 20.0. The standard InChI is InChI=1S/C31H33ClN2O5/c1-4-26(27-8-5-6-9-28(27)32)30(22-11-15-24(35)16-12-22)23-13-17-25(18-14-23)39-21-20-34(31(37)38)19-7-10-29(36)33(2)3/h5-18,35H,4,19-21H2,1-3H3,(H,37,38)/b10-7+,30-26-. The van der Waals surface area contributed by atoms with Crippen molar-refractivity contribution in [3.63, 3.8) is 0 Å². The first-order valence-corrected chi connectivity index (χ1v) is 13.0. The van der Waals surface area contributed by atoms with Gasteiger partial charge in [-0.3, -0.25) is 4.79 Å². The molecule has 0 heterocycles. The van der Waals surface area contributed by atoms with Gasteiger partial charge in [-0.2, -0.15) is 0 Å². The topological polar surface area (TPSA) is 90.3 Å². The van der Waals surface area contributed by atoms with Gasteiger partial charge in [-0.25, -0.2) is 4.79 Å². The lowest BCUT2D eigenvalue weighted by atomic mass is 9.88. The van der Waals surface area contributed by atoms with Crippen molar-refractivity contribution >= 4 is 34.7 Å². The first kappa shape index (κ1) is 29.3. The average Bonchev–Trinajstić information content (AvgIpc) is 2.92. The second kappa shape index (κ2) is 14.1. The maximum atomic E-state index is 11.7. The molecule has 0 atom stereocenters. The molecule has 0 aliphatic rings. The number of ether oxygens (including phenoxy) is 1. The van der Waals surface area contributed by atoms with E-state index in [4.69, 9.17) is 16.3 Å². The van der Waals surface area contributed by atoms with Crippen LogP contribution in [0.5, 0.6) is 11.5 Å². The summed E-state index contributed by atoms with van der Waals surface area (Å²) in [5.74, 6) is 0.578. The molecule has 0 spiro atoms. The Morgan fingerprint density at radius 1 is 0.949 bits per heavy atom. The lowest BCUT2D eigenvalue weighted by molar-refractivity contribution is -0.123. The smallest absolute Gasteiger partial charge is 0.407 e. The third-order valence-corrected chi connectivity index (χ3v) is 6.41. The van der Waals surface area contributed by atoms with Crippen molar-refractivity contribution in [2.45, 2.75) is 13.3 Å². The van der Waals surface area contributed by atoms with Gasteiger partial charge in [0.05, 0.1) is 6.54 Å². The number of carbonyl (C=O) groups excluding carboxylic acids is 1. The molecule has 0 fully saturated rings. The molecule has 0 radical (unpaired) electrons. The van der Waals surface area contributed by atoms with Crippen molar-refractivity contribution < 1.29 is 24.5 Å². The molecule has 3 rings (SSSR count). The maximum absolute atomic E-state index is 11.7. The van der Waals surface area contributed by atoms with Crippen molar-refractivity contribution in [3.05, 3.63) is 107 Å². The zero-order valence-corrected chi connectivity index (χ0v) is 23.1. The molecule has 2 amide bonds. The summed E-state index contributed by atoms with van der Waals surface area (Å²) >= 11 is 6.57. The summed E-state index contributed by atoms with van der Waals surface area (Å²) in [6.07, 6.45) is 2.51. The number of carboxylic acid groups (broad SMARTS) is 1. The number of halogens is 1. The van der Waals surface area contributed by atoms with Crippen LogP contribution in [-0.4, -0.2) is 65.8 Å². The van der Waals surface area contributed by atoms with Gasteiger partial charge in [-0.05, 0) is 64.6 Å². The minimum Gasteiger partial charge on any atom is -0.508 e. The van der Waals surface area contributed by atoms with E-state index in [0.717, 1.165) is 34.3 Å². The second-order valence-corrected chi connectivity index (χ2v) is 9.38. The molecule has 39 heavy (non-hydrogen) atoms. The number of aromatic hydroxyl groups is 1. The van der Waals surface area contributed by atoms with Crippen molar-refractivity contribution in [2.75, 3.05) is 33.8 Å². The quantitative estimate of drug-likeness (QED) is 0.213. The van der Waals surface area contributed by atoms with Crippen LogP contribution in [0.4, 0.5) is 4.79 Å². The highest BCUT2D eigenvalue weighted by atomic mass is 35.5. The number of amides is 2. The Hall–Kier alpha value is -4.23. The molecule has 0 aromatic heterocycles. The van der Waals surface area contributed by atoms with Crippen molar-refractivity contribution in [3.8, 4) is 11.5 Å². The Morgan fingerprint density at radius 2 is 1.56 bits per heavy atom. The summed E-state index contributed by atoms with van der Waals surface area (Å²) in [6.45, 7) is 2.46. The van der Waals surface area contributed by atoms with Crippen LogP contribution < -0.4 is 4.74 Å². The fourth-order valence-electron chi connectivity index (χ4n) is 4.04. The van der Waals surface area contributed by atoms with Crippen LogP contribution in [0.2, 0.25) is 5.02 Å². The molecule has 0 saturated carbocycles. The predicted octanol–water partition coefficient (Wildman–Crippen LogP) is 6.42. The highest BCUT2D eigenvalue weighted by Crippen LogP contribution is 2.37. The molecule has 7 nitrogen and oxygen atoms in total. The van der Waals surface area contributed by atoms with Gasteiger partial charge in [0.25, 0.3) is 0 Å². The fourth-order valence-corrected chi connectivity index (χ4v) is 4.29. The van der Waals surface area contributed by atoms with E-state index >= 15 is 0 Å². The van der Waals surface area contributed by atoms with Gasteiger partial charge < -0.3 is 24.7 Å². The highest BCUT2D eigenvalue weighted by molar-refractivity contribution is 6.32. The van der Waals surface area contributed by atoms with Crippen LogP contribution in [-0.2, 0) is 4.79 Å². The van der Waals surface area contributed by atoms with E-state index in [1.807, 2.05) is 60.7 Å². The summed E-state index contributed by atoms with van der Waals surface area (Å²) in [5.41, 5.74) is 4.90. The van der Waals surface area contributed by atoms with Crippen molar-refractivity contribution in [1.29, 1.82) is 0 Å². The molecule has 0 saturated heterocycles. The molecule has 3 aromatic rings. The number of allylic oxidation sites excluding steroid dienone is 1. The maximum Gasteiger partial charge on any atom is 0.407 e. The Labute approximate surface area is 234 Å². The van der Waals surface area contributed by atoms with E-state index in [0.29, 0.717) is 10.8 Å². The van der Waals surface area contributed by atoms with Crippen LogP contribution in [0.15, 0.2) is 84.9 Å². The Bertz CT molecular complexity index is 1330. The summed E-state index contributed by atoms with van der Waals surface area (Å²) in [4.78, 5) is 25.8. The first-order valence-electron chi connectivity index (χ1n) is 12.6. The number of nitrogens with zero attached hydrogens (tertiary/aromatic N) is 2. The monoisotopic (exact) mass is 548 g/mol. The van der Waals surface area contributed by atoms with Crippen molar-refractivity contribution in [1.82, 2.24) is 9.80 Å². The third kappa shape index (κ3) is 8.12.